The van der Waals surface area contributed by atoms with E-state index in [2.05, 4.69) is 65.7 Å². The van der Waals surface area contributed by atoms with Crippen molar-refractivity contribution in [3.8, 4) is 11.5 Å². The molecule has 0 aliphatic carbocycles. The standard InChI is InChI=1S/C30H33N3O3/c1-5-33-26-17-16-23(35-4)20-25(26)30(3,21-22-12-8-7-9-13-22)28(33)18-19-31-32-29(34)24-14-10-11-15-27(24)36-6-2/h7-20H,5-6,21H2,1-4H3,(H,32,34)/b28-18-,31-19+. The number of hydrogen-bond acceptors (Lipinski definition) is 5. The van der Waals surface area contributed by atoms with Gasteiger partial charge in [0.2, 0.25) is 0 Å². The van der Waals surface area contributed by atoms with Crippen molar-refractivity contribution in [2.45, 2.75) is 32.6 Å². The fourth-order valence-electron chi connectivity index (χ4n) is 4.89. The summed E-state index contributed by atoms with van der Waals surface area (Å²) in [7, 11) is 1.69. The molecule has 0 bridgehead atoms. The molecule has 186 valence electrons. The lowest BCUT2D eigenvalue weighted by atomic mass is 9.76. The van der Waals surface area contributed by atoms with E-state index in [-0.39, 0.29) is 11.3 Å². The Balaban J connectivity index is 1.65. The Morgan fingerprint density at radius 2 is 1.81 bits per heavy atom. The molecule has 1 unspecified atom stereocenters. The van der Waals surface area contributed by atoms with Crippen LogP contribution in [0.2, 0.25) is 0 Å². The van der Waals surface area contributed by atoms with E-state index in [0.29, 0.717) is 17.9 Å². The lowest BCUT2D eigenvalue weighted by molar-refractivity contribution is 0.0951. The van der Waals surface area contributed by atoms with Crippen LogP contribution < -0.4 is 19.8 Å². The number of nitrogens with one attached hydrogen (secondary N) is 1. The maximum absolute atomic E-state index is 12.7. The molecule has 1 aliphatic rings. The van der Waals surface area contributed by atoms with E-state index in [1.54, 1.807) is 31.5 Å². The molecule has 1 heterocycles. The number of hydrazone groups is 1. The van der Waals surface area contributed by atoms with Gasteiger partial charge in [0, 0.05) is 29.6 Å². The molecular formula is C30H33N3O3. The largest absolute Gasteiger partial charge is 0.497 e. The smallest absolute Gasteiger partial charge is 0.275 e. The Morgan fingerprint density at radius 3 is 2.53 bits per heavy atom. The second-order valence-electron chi connectivity index (χ2n) is 8.82. The van der Waals surface area contributed by atoms with Gasteiger partial charge in [-0.2, -0.15) is 5.10 Å². The highest BCUT2D eigenvalue weighted by atomic mass is 16.5. The first-order valence-corrected chi connectivity index (χ1v) is 12.3. The van der Waals surface area contributed by atoms with E-state index >= 15 is 0 Å². The van der Waals surface area contributed by atoms with Crippen molar-refractivity contribution >= 4 is 17.8 Å². The summed E-state index contributed by atoms with van der Waals surface area (Å²) >= 11 is 0. The summed E-state index contributed by atoms with van der Waals surface area (Å²) in [5.41, 5.74) is 7.51. The van der Waals surface area contributed by atoms with Crippen LogP contribution in [-0.2, 0) is 11.8 Å². The molecule has 0 saturated carbocycles. The number of amides is 1. The zero-order valence-corrected chi connectivity index (χ0v) is 21.3. The fraction of sp³-hybridized carbons (Fsp3) is 0.267. The van der Waals surface area contributed by atoms with Gasteiger partial charge in [0.25, 0.3) is 5.91 Å². The molecule has 1 N–H and O–H groups in total. The zero-order valence-electron chi connectivity index (χ0n) is 21.3. The van der Waals surface area contributed by atoms with Crippen LogP contribution in [-0.4, -0.2) is 32.4 Å². The molecule has 6 nitrogen and oxygen atoms in total. The van der Waals surface area contributed by atoms with E-state index in [9.17, 15) is 4.79 Å². The highest BCUT2D eigenvalue weighted by Gasteiger charge is 2.43. The van der Waals surface area contributed by atoms with Crippen molar-refractivity contribution in [3.63, 3.8) is 0 Å². The van der Waals surface area contributed by atoms with Crippen LogP contribution in [0, 0.1) is 0 Å². The number of hydrogen-bond donors (Lipinski definition) is 1. The van der Waals surface area contributed by atoms with Crippen LogP contribution >= 0.6 is 0 Å². The number of carbonyl (C=O) groups is 1. The fourth-order valence-corrected chi connectivity index (χ4v) is 4.89. The van der Waals surface area contributed by atoms with Crippen LogP contribution in [0.15, 0.2) is 89.7 Å². The molecule has 0 saturated heterocycles. The molecule has 0 spiro atoms. The van der Waals surface area contributed by atoms with E-state index in [1.165, 1.54) is 11.1 Å². The first-order chi connectivity index (χ1) is 17.5. The van der Waals surface area contributed by atoms with Gasteiger partial charge in [-0.3, -0.25) is 4.79 Å². The molecule has 6 heteroatoms. The van der Waals surface area contributed by atoms with Crippen LogP contribution in [0.5, 0.6) is 11.5 Å². The van der Waals surface area contributed by atoms with Gasteiger partial charge in [-0.05, 0) is 74.7 Å². The Kier molecular flexibility index (Phi) is 7.74. The van der Waals surface area contributed by atoms with E-state index in [1.807, 2.05) is 31.2 Å². The van der Waals surface area contributed by atoms with Crippen molar-refractivity contribution in [2.75, 3.05) is 25.2 Å². The van der Waals surface area contributed by atoms with Crippen molar-refractivity contribution in [1.29, 1.82) is 0 Å². The second-order valence-corrected chi connectivity index (χ2v) is 8.82. The third-order valence-corrected chi connectivity index (χ3v) is 6.57. The van der Waals surface area contributed by atoms with Crippen molar-refractivity contribution in [1.82, 2.24) is 5.43 Å². The Bertz CT molecular complexity index is 1270. The monoisotopic (exact) mass is 483 g/mol. The van der Waals surface area contributed by atoms with Gasteiger partial charge in [-0.25, -0.2) is 5.43 Å². The summed E-state index contributed by atoms with van der Waals surface area (Å²) < 4.78 is 11.1. The van der Waals surface area contributed by atoms with Gasteiger partial charge in [-0.1, -0.05) is 42.5 Å². The zero-order chi connectivity index (χ0) is 25.5. The minimum Gasteiger partial charge on any atom is -0.497 e. The molecular weight excluding hydrogens is 450 g/mol. The summed E-state index contributed by atoms with van der Waals surface area (Å²) in [5, 5.41) is 4.24. The molecule has 0 fully saturated rings. The Morgan fingerprint density at radius 1 is 1.06 bits per heavy atom. The number of rotatable bonds is 9. The third-order valence-electron chi connectivity index (χ3n) is 6.57. The first-order valence-electron chi connectivity index (χ1n) is 12.3. The number of likely N-dealkylation sites (N-methyl/N-ethyl adjacent to an activating group) is 1. The molecule has 0 radical (unpaired) electrons. The molecule has 36 heavy (non-hydrogen) atoms. The number of para-hydroxylation sites is 1. The number of ether oxygens (including phenoxy) is 2. The molecule has 3 aromatic carbocycles. The van der Waals surface area contributed by atoms with E-state index < -0.39 is 0 Å². The van der Waals surface area contributed by atoms with Gasteiger partial charge < -0.3 is 14.4 Å². The SMILES string of the molecule is CCOc1ccccc1C(=O)N/N=C/C=C1\N(CC)c2ccc(OC)cc2C1(C)Cc1ccccc1. The van der Waals surface area contributed by atoms with Gasteiger partial charge in [0.1, 0.15) is 11.5 Å². The number of carbonyl (C=O) groups excluding carboxylic acids is 1. The minimum absolute atomic E-state index is 0.307. The maximum Gasteiger partial charge on any atom is 0.275 e. The summed E-state index contributed by atoms with van der Waals surface area (Å²) in [6, 6.07) is 23.9. The Hall–Kier alpha value is -4.06. The van der Waals surface area contributed by atoms with Gasteiger partial charge in [0.05, 0.1) is 19.3 Å². The normalized spacial score (nSPS) is 17.9. The quantitative estimate of drug-likeness (QED) is 0.312. The van der Waals surface area contributed by atoms with Crippen LogP contribution in [0.4, 0.5) is 5.69 Å². The average Bonchev–Trinajstić information content (AvgIpc) is 3.13. The molecule has 4 rings (SSSR count). The van der Waals surface area contributed by atoms with Crippen LogP contribution in [0.3, 0.4) is 0 Å². The topological polar surface area (TPSA) is 63.2 Å². The van der Waals surface area contributed by atoms with E-state index in [4.69, 9.17) is 9.47 Å². The second kappa shape index (κ2) is 11.1. The summed E-state index contributed by atoms with van der Waals surface area (Å²) in [6.45, 7) is 7.57. The number of nitrogens with zero attached hydrogens (tertiary/aromatic N) is 2. The third kappa shape index (κ3) is 4.98. The van der Waals surface area contributed by atoms with Gasteiger partial charge in [-0.15, -0.1) is 0 Å². The predicted molar refractivity (Wildman–Crippen MR) is 145 cm³/mol. The average molecular weight is 484 g/mol. The van der Waals surface area contributed by atoms with Crippen molar-refractivity contribution < 1.29 is 14.3 Å². The van der Waals surface area contributed by atoms with Gasteiger partial charge in [0.15, 0.2) is 0 Å². The predicted octanol–water partition coefficient (Wildman–Crippen LogP) is 5.73. The lowest BCUT2D eigenvalue weighted by Gasteiger charge is -2.30. The lowest BCUT2D eigenvalue weighted by Crippen LogP contribution is -2.31. The number of allylic oxidation sites excluding steroid dienone is 2. The highest BCUT2D eigenvalue weighted by molar-refractivity contribution is 5.97. The van der Waals surface area contributed by atoms with Crippen molar-refractivity contribution in [3.05, 3.63) is 101 Å². The summed E-state index contributed by atoms with van der Waals surface area (Å²) in [6.07, 6.45) is 4.47. The van der Waals surface area contributed by atoms with Crippen LogP contribution in [0.1, 0.15) is 42.3 Å². The van der Waals surface area contributed by atoms with E-state index in [0.717, 1.165) is 30.1 Å². The molecule has 1 amide bonds. The molecule has 3 aromatic rings. The molecule has 1 atom stereocenters. The molecule has 0 aromatic heterocycles. The molecule has 1 aliphatic heterocycles. The van der Waals surface area contributed by atoms with Gasteiger partial charge >= 0.3 is 0 Å². The highest BCUT2D eigenvalue weighted by Crippen LogP contribution is 2.50. The summed E-state index contributed by atoms with van der Waals surface area (Å²) in [4.78, 5) is 15.0. The number of anilines is 1. The first kappa shape index (κ1) is 25.0. The van der Waals surface area contributed by atoms with Crippen molar-refractivity contribution in [2.24, 2.45) is 5.10 Å². The number of benzene rings is 3. The van der Waals surface area contributed by atoms with Crippen LogP contribution in [0.25, 0.3) is 0 Å². The maximum atomic E-state index is 12.7. The summed E-state index contributed by atoms with van der Waals surface area (Å²) in [5.74, 6) is 1.06. The number of methoxy groups -OCH3 is 1. The minimum atomic E-state index is -0.312. The Labute approximate surface area is 213 Å². The number of fused-ring (bicyclic) bond motifs is 1.